The second-order valence-corrected chi connectivity index (χ2v) is 8.99. The van der Waals surface area contributed by atoms with Gasteiger partial charge in [0.25, 0.3) is 5.91 Å². The highest BCUT2D eigenvalue weighted by atomic mass is 16.6. The van der Waals surface area contributed by atoms with Crippen molar-refractivity contribution in [1.29, 1.82) is 0 Å². The largest absolute Gasteiger partial charge is 0.469 e. The van der Waals surface area contributed by atoms with E-state index in [-0.39, 0.29) is 24.6 Å². The normalized spacial score (nSPS) is 12.7. The highest BCUT2D eigenvalue weighted by Crippen LogP contribution is 2.16. The Bertz CT molecular complexity index is 1030. The molecule has 2 rings (SSSR count). The lowest BCUT2D eigenvalue weighted by Gasteiger charge is -2.29. The van der Waals surface area contributed by atoms with Crippen molar-refractivity contribution in [1.82, 2.24) is 5.32 Å². The quantitative estimate of drug-likeness (QED) is 0.298. The van der Waals surface area contributed by atoms with E-state index in [1.54, 1.807) is 69.3 Å². The van der Waals surface area contributed by atoms with Gasteiger partial charge in [0.1, 0.15) is 12.2 Å². The van der Waals surface area contributed by atoms with Crippen molar-refractivity contribution >= 4 is 23.8 Å². The minimum atomic E-state index is -2.25. The second kappa shape index (κ2) is 12.1. The highest BCUT2D eigenvalue weighted by Gasteiger charge is 2.47. The van der Waals surface area contributed by atoms with Crippen molar-refractivity contribution < 1.29 is 33.4 Å². The molecule has 1 amide bonds. The summed E-state index contributed by atoms with van der Waals surface area (Å²) in [5.74, 6) is -2.90. The summed E-state index contributed by atoms with van der Waals surface area (Å²) in [4.78, 5) is 49.7. The minimum Gasteiger partial charge on any atom is -0.469 e. The number of rotatable bonds is 10. The number of carbonyl (C=O) groups is 4. The van der Waals surface area contributed by atoms with Crippen LogP contribution in [0, 0.1) is 0 Å². The highest BCUT2D eigenvalue weighted by molar-refractivity contribution is 6.06. The molecule has 0 saturated carbocycles. The van der Waals surface area contributed by atoms with E-state index in [1.165, 1.54) is 7.11 Å². The molecule has 0 radical (unpaired) electrons. The summed E-state index contributed by atoms with van der Waals surface area (Å²) in [5, 5.41) is 2.52. The molecule has 0 spiro atoms. The number of esters is 3. The van der Waals surface area contributed by atoms with E-state index >= 15 is 0 Å². The van der Waals surface area contributed by atoms with E-state index in [0.717, 1.165) is 5.56 Å². The van der Waals surface area contributed by atoms with Gasteiger partial charge in [0.2, 0.25) is 5.54 Å². The third-order valence-corrected chi connectivity index (χ3v) is 4.93. The van der Waals surface area contributed by atoms with Gasteiger partial charge in [-0.05, 0) is 50.5 Å². The average Bonchev–Trinajstić information content (AvgIpc) is 2.83. The van der Waals surface area contributed by atoms with Gasteiger partial charge in [-0.15, -0.1) is 0 Å². The summed E-state index contributed by atoms with van der Waals surface area (Å²) in [6.07, 6.45) is 0.686. The van der Waals surface area contributed by atoms with Crippen LogP contribution in [0.15, 0.2) is 54.6 Å². The molecule has 9 nitrogen and oxygen atoms in total. The zero-order chi connectivity index (χ0) is 26.1. The summed E-state index contributed by atoms with van der Waals surface area (Å²) in [7, 11) is 1.32. The van der Waals surface area contributed by atoms with E-state index in [1.807, 2.05) is 6.07 Å². The van der Waals surface area contributed by atoms with E-state index in [9.17, 15) is 19.2 Å². The standard InChI is InChI=1S/C26H32N2O7/c1-25(2,3)35-24(32)26(27,23(31)34-16-19-8-6-5-7-9-19)17-28-22(30)20-13-10-18(11-14-20)12-15-21(29)33-4/h5-11,13-14H,12,15-17,27H2,1-4H3,(H,28,30)/t26-/m0/s1. The van der Waals surface area contributed by atoms with Crippen molar-refractivity contribution in [3.63, 3.8) is 0 Å². The summed E-state index contributed by atoms with van der Waals surface area (Å²) < 4.78 is 15.2. The average molecular weight is 485 g/mol. The number of ether oxygens (including phenoxy) is 3. The maximum atomic E-state index is 12.9. The molecule has 0 unspecified atom stereocenters. The maximum absolute atomic E-state index is 12.9. The number of hydrogen-bond donors (Lipinski definition) is 2. The van der Waals surface area contributed by atoms with Crippen LogP contribution in [0.3, 0.4) is 0 Å². The third kappa shape index (κ3) is 8.53. The Morgan fingerprint density at radius 2 is 1.51 bits per heavy atom. The van der Waals surface area contributed by atoms with Crippen molar-refractivity contribution in [2.45, 2.75) is 51.4 Å². The first-order valence-electron chi connectivity index (χ1n) is 11.1. The number of amides is 1. The monoisotopic (exact) mass is 484 g/mol. The Kier molecular flexibility index (Phi) is 9.53. The summed E-state index contributed by atoms with van der Waals surface area (Å²) in [5.41, 5.74) is 4.86. The molecule has 3 N–H and O–H groups in total. The Balaban J connectivity index is 2.09. The Hall–Kier alpha value is -3.72. The molecule has 2 aromatic rings. The fourth-order valence-electron chi connectivity index (χ4n) is 2.94. The van der Waals surface area contributed by atoms with Gasteiger partial charge in [-0.3, -0.25) is 9.59 Å². The molecule has 0 bridgehead atoms. The van der Waals surface area contributed by atoms with Gasteiger partial charge in [-0.25, -0.2) is 9.59 Å². The number of hydrogen-bond acceptors (Lipinski definition) is 8. The zero-order valence-electron chi connectivity index (χ0n) is 20.5. The second-order valence-electron chi connectivity index (χ2n) is 8.99. The van der Waals surface area contributed by atoms with Crippen molar-refractivity contribution in [2.75, 3.05) is 13.7 Å². The molecular formula is C26H32N2O7. The molecule has 2 aromatic carbocycles. The smallest absolute Gasteiger partial charge is 0.340 e. The van der Waals surface area contributed by atoms with Crippen molar-refractivity contribution in [2.24, 2.45) is 5.73 Å². The third-order valence-electron chi connectivity index (χ3n) is 4.93. The number of carbonyl (C=O) groups excluding carboxylic acids is 4. The lowest BCUT2D eigenvalue weighted by atomic mass is 10.00. The van der Waals surface area contributed by atoms with E-state index in [2.05, 4.69) is 10.1 Å². The van der Waals surface area contributed by atoms with E-state index < -0.39 is 35.5 Å². The Labute approximate surface area is 204 Å². The summed E-state index contributed by atoms with van der Waals surface area (Å²) >= 11 is 0. The first-order chi connectivity index (χ1) is 16.4. The van der Waals surface area contributed by atoms with Gasteiger partial charge in [-0.1, -0.05) is 42.5 Å². The number of nitrogens with one attached hydrogen (secondary N) is 1. The number of aryl methyl sites for hydroxylation is 1. The van der Waals surface area contributed by atoms with E-state index in [4.69, 9.17) is 15.2 Å². The molecule has 35 heavy (non-hydrogen) atoms. The van der Waals surface area contributed by atoms with Gasteiger partial charge in [0.05, 0.1) is 13.7 Å². The van der Waals surface area contributed by atoms with Gasteiger partial charge in [0, 0.05) is 12.0 Å². The van der Waals surface area contributed by atoms with Crippen LogP contribution in [0.2, 0.25) is 0 Å². The van der Waals surface area contributed by atoms with Crippen molar-refractivity contribution in [3.8, 4) is 0 Å². The SMILES string of the molecule is COC(=O)CCc1ccc(C(=O)NC[C@](N)(C(=O)OCc2ccccc2)C(=O)OC(C)(C)C)cc1. The van der Waals surface area contributed by atoms with Crippen LogP contribution in [0.25, 0.3) is 0 Å². The summed E-state index contributed by atoms with van der Waals surface area (Å²) in [6.45, 7) is 4.30. The molecule has 1 atom stereocenters. The first kappa shape index (κ1) is 27.5. The Morgan fingerprint density at radius 3 is 2.09 bits per heavy atom. The fourth-order valence-corrected chi connectivity index (χ4v) is 2.94. The molecule has 0 aromatic heterocycles. The zero-order valence-corrected chi connectivity index (χ0v) is 20.5. The molecule has 0 aliphatic rings. The fraction of sp³-hybridized carbons (Fsp3) is 0.385. The predicted octanol–water partition coefficient (Wildman–Crippen LogP) is 2.30. The van der Waals surface area contributed by atoms with Gasteiger partial charge >= 0.3 is 17.9 Å². The minimum absolute atomic E-state index is 0.0948. The van der Waals surface area contributed by atoms with Crippen LogP contribution in [0.5, 0.6) is 0 Å². The molecule has 0 heterocycles. The van der Waals surface area contributed by atoms with Crippen LogP contribution < -0.4 is 11.1 Å². The molecule has 0 fully saturated rings. The van der Waals surface area contributed by atoms with Crippen LogP contribution in [0.4, 0.5) is 0 Å². The Morgan fingerprint density at radius 1 is 0.886 bits per heavy atom. The predicted molar refractivity (Wildman–Crippen MR) is 128 cm³/mol. The lowest BCUT2D eigenvalue weighted by molar-refractivity contribution is -0.171. The van der Waals surface area contributed by atoms with Gasteiger partial charge < -0.3 is 25.3 Å². The van der Waals surface area contributed by atoms with Gasteiger partial charge in [0.15, 0.2) is 0 Å². The van der Waals surface area contributed by atoms with Gasteiger partial charge in [-0.2, -0.15) is 0 Å². The van der Waals surface area contributed by atoms with Crippen LogP contribution in [-0.4, -0.2) is 48.6 Å². The first-order valence-corrected chi connectivity index (χ1v) is 11.1. The number of benzene rings is 2. The van der Waals surface area contributed by atoms with Crippen molar-refractivity contribution in [3.05, 3.63) is 71.3 Å². The van der Waals surface area contributed by atoms with Crippen LogP contribution in [-0.2, 0) is 41.6 Å². The number of nitrogens with two attached hydrogens (primary N) is 1. The molecule has 0 aliphatic carbocycles. The topological polar surface area (TPSA) is 134 Å². The molecule has 9 heteroatoms. The lowest BCUT2D eigenvalue weighted by Crippen LogP contribution is -2.63. The van der Waals surface area contributed by atoms with Crippen LogP contribution >= 0.6 is 0 Å². The summed E-state index contributed by atoms with van der Waals surface area (Å²) in [6, 6.07) is 15.5. The van der Waals surface area contributed by atoms with E-state index in [0.29, 0.717) is 12.0 Å². The molecular weight excluding hydrogens is 452 g/mol. The van der Waals surface area contributed by atoms with Crippen LogP contribution in [0.1, 0.15) is 48.7 Å². The molecule has 0 aliphatic heterocycles. The number of methoxy groups -OCH3 is 1. The molecule has 0 saturated heterocycles. The maximum Gasteiger partial charge on any atom is 0.340 e. The molecule has 188 valence electrons.